The van der Waals surface area contributed by atoms with Crippen LogP contribution in [0.2, 0.25) is 0 Å². The first-order valence-corrected chi connectivity index (χ1v) is 7.31. The molecule has 4 nitrogen and oxygen atoms in total. The second-order valence-corrected chi connectivity index (χ2v) is 5.60. The Kier molecular flexibility index (Phi) is 6.87. The van der Waals surface area contributed by atoms with Crippen LogP contribution in [0.15, 0.2) is 26.7 Å². The number of aryl methyl sites for hydroxylation is 2. The largest absolute Gasteiger partial charge is 1.00 e. The molecule has 0 aliphatic heterocycles. The Morgan fingerprint density at radius 1 is 1.43 bits per heavy atom. The number of hydrogen-bond acceptors (Lipinski definition) is 5. The number of ketones is 1. The van der Waals surface area contributed by atoms with Gasteiger partial charge in [-0.1, -0.05) is 19.1 Å². The molecule has 0 aromatic carbocycles. The van der Waals surface area contributed by atoms with Crippen LogP contribution in [0.3, 0.4) is 0 Å². The molecule has 0 aliphatic carbocycles. The fourth-order valence-corrected chi connectivity index (χ4v) is 3.02. The molecule has 0 N–H and O–H groups in total. The molecule has 2 aromatic rings. The molecule has 2 heterocycles. The predicted molar refractivity (Wildman–Crippen MR) is 75.5 cm³/mol. The van der Waals surface area contributed by atoms with Crippen molar-refractivity contribution in [3.8, 4) is 5.75 Å². The molecule has 0 fully saturated rings. The molecule has 21 heavy (non-hydrogen) atoms. The molecular formula is C15H15NaO4S. The zero-order valence-corrected chi connectivity index (χ0v) is 15.2. The minimum Gasteiger partial charge on any atom is -0.872 e. The molecular weight excluding hydrogens is 299 g/mol. The summed E-state index contributed by atoms with van der Waals surface area (Å²) in [6, 6.07) is 3.16. The van der Waals surface area contributed by atoms with E-state index in [4.69, 9.17) is 4.42 Å². The maximum atomic E-state index is 12.2. The Hall–Kier alpha value is -0.880. The van der Waals surface area contributed by atoms with Gasteiger partial charge >= 0.3 is 35.2 Å². The smallest absolute Gasteiger partial charge is 0.872 e. The van der Waals surface area contributed by atoms with E-state index in [1.54, 1.807) is 0 Å². The molecule has 2 rings (SSSR count). The van der Waals surface area contributed by atoms with Crippen molar-refractivity contribution in [2.45, 2.75) is 33.1 Å². The molecule has 0 radical (unpaired) electrons. The minimum atomic E-state index is -0.839. The fraction of sp³-hybridized carbons (Fsp3) is 0.333. The topological polar surface area (TPSA) is 70.3 Å². The molecule has 0 atom stereocenters. The molecule has 0 bridgehead atoms. The predicted octanol–water partition coefficient (Wildman–Crippen LogP) is -0.535. The van der Waals surface area contributed by atoms with Gasteiger partial charge in [-0.05, 0) is 36.4 Å². The monoisotopic (exact) mass is 314 g/mol. The number of carbonyl (C=O) groups excluding carboxylic acids is 1. The quantitative estimate of drug-likeness (QED) is 0.549. The van der Waals surface area contributed by atoms with Gasteiger partial charge in [0.15, 0.2) is 5.78 Å². The van der Waals surface area contributed by atoms with E-state index < -0.39 is 17.2 Å². The van der Waals surface area contributed by atoms with E-state index in [0.717, 1.165) is 23.3 Å². The van der Waals surface area contributed by atoms with Gasteiger partial charge in [0.05, 0.1) is 5.56 Å². The second kappa shape index (κ2) is 7.94. The fourth-order valence-electron chi connectivity index (χ4n) is 2.08. The van der Waals surface area contributed by atoms with E-state index in [1.807, 2.05) is 11.4 Å². The average molecular weight is 314 g/mol. The third kappa shape index (κ3) is 4.30. The number of carbonyl (C=O) groups is 1. The summed E-state index contributed by atoms with van der Waals surface area (Å²) < 4.78 is 4.83. The Labute approximate surface area is 149 Å². The molecule has 6 heteroatoms. The number of rotatable bonds is 5. The van der Waals surface area contributed by atoms with Crippen molar-refractivity contribution in [3.05, 3.63) is 49.7 Å². The van der Waals surface area contributed by atoms with Gasteiger partial charge in [0.1, 0.15) is 5.76 Å². The van der Waals surface area contributed by atoms with E-state index in [2.05, 4.69) is 6.92 Å². The van der Waals surface area contributed by atoms with E-state index >= 15 is 0 Å². The molecule has 0 unspecified atom stereocenters. The van der Waals surface area contributed by atoms with Crippen LogP contribution in [0, 0.1) is 6.92 Å². The molecule has 106 valence electrons. The first-order chi connectivity index (χ1) is 9.52. The molecule has 2 aromatic heterocycles. The van der Waals surface area contributed by atoms with Gasteiger partial charge in [-0.2, -0.15) is 0 Å². The van der Waals surface area contributed by atoms with Crippen LogP contribution in [0.4, 0.5) is 0 Å². The molecule has 0 saturated carbocycles. The van der Waals surface area contributed by atoms with Crippen LogP contribution in [0.25, 0.3) is 0 Å². The molecule has 0 aliphatic rings. The molecule has 0 saturated heterocycles. The van der Waals surface area contributed by atoms with Crippen LogP contribution in [0.1, 0.15) is 39.9 Å². The van der Waals surface area contributed by atoms with E-state index in [-0.39, 0.29) is 47.3 Å². The molecule has 0 amide bonds. The number of Topliss-reactive ketones (excluding diaryl/α,β-unsaturated/α-hetero) is 1. The van der Waals surface area contributed by atoms with Crippen LogP contribution in [0.5, 0.6) is 5.75 Å². The average Bonchev–Trinajstić information content (AvgIpc) is 2.75. The summed E-state index contributed by atoms with van der Waals surface area (Å²) in [5.41, 5.74) is -0.102. The van der Waals surface area contributed by atoms with Crippen molar-refractivity contribution in [2.24, 2.45) is 0 Å². The van der Waals surface area contributed by atoms with E-state index in [0.29, 0.717) is 0 Å². The minimum absolute atomic E-state index is 0. The first kappa shape index (κ1) is 18.2. The van der Waals surface area contributed by atoms with Gasteiger partial charge in [-0.25, -0.2) is 4.79 Å². The zero-order valence-electron chi connectivity index (χ0n) is 12.4. The summed E-state index contributed by atoms with van der Waals surface area (Å²) >= 11 is 1.47. The summed E-state index contributed by atoms with van der Waals surface area (Å²) in [7, 11) is 0. The van der Waals surface area contributed by atoms with Gasteiger partial charge < -0.3 is 9.52 Å². The first-order valence-electron chi connectivity index (χ1n) is 6.43. The third-order valence-corrected chi connectivity index (χ3v) is 3.96. The van der Waals surface area contributed by atoms with Crippen molar-refractivity contribution < 1.29 is 43.9 Å². The van der Waals surface area contributed by atoms with Gasteiger partial charge in [-0.3, -0.25) is 4.79 Å². The van der Waals surface area contributed by atoms with Gasteiger partial charge in [0.2, 0.25) is 0 Å². The Balaban J connectivity index is 0.00000220. The van der Waals surface area contributed by atoms with Crippen molar-refractivity contribution >= 4 is 17.1 Å². The Morgan fingerprint density at radius 3 is 2.76 bits per heavy atom. The van der Waals surface area contributed by atoms with Gasteiger partial charge in [0, 0.05) is 11.3 Å². The SMILES string of the molecule is CCCc1ccsc1CC(=O)c1c([O-])cc(C)oc1=O.[Na+]. The summed E-state index contributed by atoms with van der Waals surface area (Å²) in [5, 5.41) is 13.7. The zero-order chi connectivity index (χ0) is 14.7. The number of hydrogen-bond donors (Lipinski definition) is 0. The van der Waals surface area contributed by atoms with Crippen LogP contribution < -0.4 is 40.3 Å². The summed E-state index contributed by atoms with van der Waals surface area (Å²) in [6.07, 6.45) is 1.95. The summed E-state index contributed by atoms with van der Waals surface area (Å²) in [4.78, 5) is 24.7. The third-order valence-electron chi connectivity index (χ3n) is 3.00. The van der Waals surface area contributed by atoms with Crippen molar-refractivity contribution in [1.29, 1.82) is 0 Å². The van der Waals surface area contributed by atoms with Crippen molar-refractivity contribution in [2.75, 3.05) is 0 Å². The van der Waals surface area contributed by atoms with Crippen molar-refractivity contribution in [1.82, 2.24) is 0 Å². The molecule has 0 spiro atoms. The maximum absolute atomic E-state index is 12.2. The summed E-state index contributed by atoms with van der Waals surface area (Å²) in [5.74, 6) is -0.805. The standard InChI is InChI=1S/C15H16O4S.Na/c1-3-4-10-5-6-20-13(10)8-12(17)14-11(16)7-9(2)19-15(14)18;/h5-7,16H,3-4,8H2,1-2H3;/q;+1/p-1. The Morgan fingerprint density at radius 2 is 2.14 bits per heavy atom. The Bertz CT molecular complexity index is 687. The maximum Gasteiger partial charge on any atom is 1.00 e. The second-order valence-electron chi connectivity index (χ2n) is 4.60. The van der Waals surface area contributed by atoms with Crippen molar-refractivity contribution in [3.63, 3.8) is 0 Å². The van der Waals surface area contributed by atoms with Gasteiger partial charge in [-0.15, -0.1) is 11.3 Å². The number of thiophene rings is 1. The normalized spacial score (nSPS) is 10.2. The van der Waals surface area contributed by atoms with Crippen LogP contribution in [-0.4, -0.2) is 5.78 Å². The van der Waals surface area contributed by atoms with E-state index in [1.165, 1.54) is 24.3 Å². The van der Waals surface area contributed by atoms with Crippen LogP contribution in [-0.2, 0) is 12.8 Å². The van der Waals surface area contributed by atoms with Gasteiger partial charge in [0.25, 0.3) is 0 Å². The van der Waals surface area contributed by atoms with Crippen LogP contribution >= 0.6 is 11.3 Å². The van der Waals surface area contributed by atoms with E-state index in [9.17, 15) is 14.7 Å². The summed E-state index contributed by atoms with van der Waals surface area (Å²) in [6.45, 7) is 3.57.